The predicted octanol–water partition coefficient (Wildman–Crippen LogP) is 1.32. The van der Waals surface area contributed by atoms with Crippen LogP contribution in [0.5, 0.6) is 0 Å². The van der Waals surface area contributed by atoms with Crippen LogP contribution in [-0.2, 0) is 9.53 Å². The van der Waals surface area contributed by atoms with Crippen molar-refractivity contribution in [1.29, 1.82) is 0 Å². The second kappa shape index (κ2) is 5.01. The smallest absolute Gasteiger partial charge is 0.480 e. The molecule has 1 rings (SSSR count). The molecular formula is C9H14F3NO3. The van der Waals surface area contributed by atoms with Crippen molar-refractivity contribution in [3.8, 4) is 0 Å². The molecule has 2 unspecified atom stereocenters. The molecule has 0 aromatic carbocycles. The third-order valence-corrected chi connectivity index (χ3v) is 2.70. The number of likely N-dealkylation sites (tertiary alicyclic amines) is 1. The van der Waals surface area contributed by atoms with E-state index in [1.54, 1.807) is 6.92 Å². The van der Waals surface area contributed by atoms with Gasteiger partial charge in [0.15, 0.2) is 0 Å². The number of ether oxygens (including phenoxy) is 1. The SMILES string of the molecule is CC1CCN(CCOC(F)(F)F)C1C(=O)O. The highest BCUT2D eigenvalue weighted by Crippen LogP contribution is 2.24. The number of carboxylic acids is 1. The first-order chi connectivity index (χ1) is 7.31. The van der Waals surface area contributed by atoms with Crippen LogP contribution in [0.2, 0.25) is 0 Å². The predicted molar refractivity (Wildman–Crippen MR) is 48.8 cm³/mol. The summed E-state index contributed by atoms with van der Waals surface area (Å²) in [5.41, 5.74) is 0. The van der Waals surface area contributed by atoms with Crippen LogP contribution in [-0.4, -0.2) is 48.1 Å². The standard InChI is InChI=1S/C9H14F3NO3/c1-6-2-3-13(7(6)8(14)15)4-5-16-9(10,11)12/h6-7H,2-5H2,1H3,(H,14,15). The average molecular weight is 241 g/mol. The lowest BCUT2D eigenvalue weighted by Gasteiger charge is -2.22. The van der Waals surface area contributed by atoms with Crippen LogP contribution in [0.15, 0.2) is 0 Å². The normalized spacial score (nSPS) is 27.2. The summed E-state index contributed by atoms with van der Waals surface area (Å²) >= 11 is 0. The van der Waals surface area contributed by atoms with E-state index in [4.69, 9.17) is 5.11 Å². The van der Waals surface area contributed by atoms with Crippen LogP contribution >= 0.6 is 0 Å². The van der Waals surface area contributed by atoms with Crippen molar-refractivity contribution in [2.75, 3.05) is 19.7 Å². The molecular weight excluding hydrogens is 227 g/mol. The van der Waals surface area contributed by atoms with Gasteiger partial charge in [-0.25, -0.2) is 0 Å². The molecule has 0 amide bonds. The van der Waals surface area contributed by atoms with Gasteiger partial charge in [-0.05, 0) is 18.9 Å². The molecule has 0 aromatic heterocycles. The molecule has 1 fully saturated rings. The number of hydrogen-bond acceptors (Lipinski definition) is 3. The zero-order valence-electron chi connectivity index (χ0n) is 8.83. The summed E-state index contributed by atoms with van der Waals surface area (Å²) < 4.78 is 38.7. The minimum atomic E-state index is -4.65. The minimum Gasteiger partial charge on any atom is -0.480 e. The third kappa shape index (κ3) is 3.64. The van der Waals surface area contributed by atoms with Crippen LogP contribution in [0.1, 0.15) is 13.3 Å². The van der Waals surface area contributed by atoms with Crippen molar-refractivity contribution in [2.45, 2.75) is 25.7 Å². The Morgan fingerprint density at radius 2 is 2.19 bits per heavy atom. The molecule has 1 aliphatic rings. The van der Waals surface area contributed by atoms with Gasteiger partial charge in [0, 0.05) is 6.54 Å². The first-order valence-corrected chi connectivity index (χ1v) is 4.99. The van der Waals surface area contributed by atoms with Gasteiger partial charge >= 0.3 is 12.3 Å². The van der Waals surface area contributed by atoms with E-state index in [1.165, 1.54) is 4.90 Å². The maximum Gasteiger partial charge on any atom is 0.522 e. The summed E-state index contributed by atoms with van der Waals surface area (Å²) in [5, 5.41) is 8.91. The number of halogens is 3. The number of carbonyl (C=O) groups is 1. The Morgan fingerprint density at radius 1 is 1.56 bits per heavy atom. The molecule has 1 aliphatic heterocycles. The van der Waals surface area contributed by atoms with E-state index in [2.05, 4.69) is 4.74 Å². The first kappa shape index (κ1) is 13.2. The van der Waals surface area contributed by atoms with Gasteiger partial charge < -0.3 is 5.11 Å². The summed E-state index contributed by atoms with van der Waals surface area (Å²) in [6.07, 6.45) is -3.97. The molecule has 0 aromatic rings. The van der Waals surface area contributed by atoms with E-state index in [9.17, 15) is 18.0 Å². The summed E-state index contributed by atoms with van der Waals surface area (Å²) in [5.74, 6) is -1.03. The Hall–Kier alpha value is -0.820. The molecule has 94 valence electrons. The lowest BCUT2D eigenvalue weighted by atomic mass is 10.0. The average Bonchev–Trinajstić information content (AvgIpc) is 2.44. The van der Waals surface area contributed by atoms with Gasteiger partial charge in [-0.3, -0.25) is 14.4 Å². The molecule has 16 heavy (non-hydrogen) atoms. The number of alkyl halides is 3. The Balaban J connectivity index is 2.39. The monoisotopic (exact) mass is 241 g/mol. The van der Waals surface area contributed by atoms with Gasteiger partial charge in [-0.1, -0.05) is 6.92 Å². The van der Waals surface area contributed by atoms with Crippen molar-refractivity contribution in [3.05, 3.63) is 0 Å². The molecule has 0 aliphatic carbocycles. The summed E-state index contributed by atoms with van der Waals surface area (Å²) in [7, 11) is 0. The van der Waals surface area contributed by atoms with Crippen molar-refractivity contribution in [2.24, 2.45) is 5.92 Å². The van der Waals surface area contributed by atoms with Crippen LogP contribution < -0.4 is 0 Å². The highest BCUT2D eigenvalue weighted by Gasteiger charge is 2.37. The van der Waals surface area contributed by atoms with Crippen molar-refractivity contribution < 1.29 is 27.8 Å². The molecule has 1 heterocycles. The summed E-state index contributed by atoms with van der Waals surface area (Å²) in [4.78, 5) is 12.4. The lowest BCUT2D eigenvalue weighted by Crippen LogP contribution is -2.41. The Kier molecular flexibility index (Phi) is 4.15. The summed E-state index contributed by atoms with van der Waals surface area (Å²) in [6.45, 7) is 1.74. The quantitative estimate of drug-likeness (QED) is 0.806. The van der Waals surface area contributed by atoms with Crippen LogP contribution in [0.4, 0.5) is 13.2 Å². The Labute approximate surface area is 91.0 Å². The van der Waals surface area contributed by atoms with Crippen LogP contribution in [0.3, 0.4) is 0 Å². The van der Waals surface area contributed by atoms with Crippen molar-refractivity contribution in [3.63, 3.8) is 0 Å². The first-order valence-electron chi connectivity index (χ1n) is 4.99. The van der Waals surface area contributed by atoms with E-state index < -0.39 is 25.0 Å². The molecule has 4 nitrogen and oxygen atoms in total. The fourth-order valence-electron chi connectivity index (χ4n) is 1.96. The van der Waals surface area contributed by atoms with E-state index in [-0.39, 0.29) is 12.5 Å². The van der Waals surface area contributed by atoms with E-state index >= 15 is 0 Å². The van der Waals surface area contributed by atoms with Gasteiger partial charge in [0.1, 0.15) is 6.04 Å². The molecule has 2 atom stereocenters. The topological polar surface area (TPSA) is 49.8 Å². The molecule has 0 spiro atoms. The molecule has 0 bridgehead atoms. The molecule has 0 radical (unpaired) electrons. The van der Waals surface area contributed by atoms with Gasteiger partial charge in [-0.15, -0.1) is 13.2 Å². The van der Waals surface area contributed by atoms with Crippen LogP contribution in [0.25, 0.3) is 0 Å². The minimum absolute atomic E-state index is 0.0131. The maximum atomic E-state index is 11.7. The zero-order chi connectivity index (χ0) is 12.3. The van der Waals surface area contributed by atoms with E-state index in [0.717, 1.165) is 0 Å². The van der Waals surface area contributed by atoms with Gasteiger partial charge in [0.05, 0.1) is 6.61 Å². The van der Waals surface area contributed by atoms with E-state index in [0.29, 0.717) is 13.0 Å². The van der Waals surface area contributed by atoms with Crippen molar-refractivity contribution in [1.82, 2.24) is 4.90 Å². The Bertz CT molecular complexity index is 257. The second-order valence-electron chi connectivity index (χ2n) is 3.88. The lowest BCUT2D eigenvalue weighted by molar-refractivity contribution is -0.325. The fourth-order valence-corrected chi connectivity index (χ4v) is 1.96. The highest BCUT2D eigenvalue weighted by atomic mass is 19.4. The molecule has 0 saturated carbocycles. The fraction of sp³-hybridized carbons (Fsp3) is 0.889. The van der Waals surface area contributed by atoms with Gasteiger partial charge in [0.2, 0.25) is 0 Å². The van der Waals surface area contributed by atoms with Gasteiger partial charge in [-0.2, -0.15) is 0 Å². The Morgan fingerprint density at radius 3 is 2.69 bits per heavy atom. The number of aliphatic carboxylic acids is 1. The van der Waals surface area contributed by atoms with Crippen molar-refractivity contribution >= 4 is 5.97 Å². The molecule has 1 saturated heterocycles. The second-order valence-corrected chi connectivity index (χ2v) is 3.88. The molecule has 1 N–H and O–H groups in total. The number of hydrogen-bond donors (Lipinski definition) is 1. The number of nitrogens with zero attached hydrogens (tertiary/aromatic N) is 1. The largest absolute Gasteiger partial charge is 0.522 e. The highest BCUT2D eigenvalue weighted by molar-refractivity contribution is 5.74. The zero-order valence-corrected chi connectivity index (χ0v) is 8.83. The number of carboxylic acid groups (broad SMARTS) is 1. The third-order valence-electron chi connectivity index (χ3n) is 2.70. The maximum absolute atomic E-state index is 11.7. The van der Waals surface area contributed by atoms with Crippen LogP contribution in [0, 0.1) is 5.92 Å². The van der Waals surface area contributed by atoms with E-state index in [1.807, 2.05) is 0 Å². The van der Waals surface area contributed by atoms with Gasteiger partial charge in [0.25, 0.3) is 0 Å². The summed E-state index contributed by atoms with van der Waals surface area (Å²) in [6, 6.07) is -0.697. The molecule has 7 heteroatoms. The number of rotatable bonds is 4.